The van der Waals surface area contributed by atoms with Crippen molar-refractivity contribution in [3.63, 3.8) is 0 Å². The van der Waals surface area contributed by atoms with Gasteiger partial charge in [-0.2, -0.15) is 0 Å². The molecule has 0 radical (unpaired) electrons. The van der Waals surface area contributed by atoms with Gasteiger partial charge in [-0.25, -0.2) is 9.97 Å². The third kappa shape index (κ3) is 3.10. The van der Waals surface area contributed by atoms with E-state index in [-0.39, 0.29) is 6.10 Å². The summed E-state index contributed by atoms with van der Waals surface area (Å²) in [6.07, 6.45) is 4.51. The Hall–Kier alpha value is -1.36. The van der Waals surface area contributed by atoms with E-state index in [1.54, 1.807) is 6.33 Å². The molecule has 0 amide bonds. The van der Waals surface area contributed by atoms with E-state index in [0.29, 0.717) is 0 Å². The molecule has 1 aromatic rings. The van der Waals surface area contributed by atoms with E-state index in [1.807, 2.05) is 0 Å². The van der Waals surface area contributed by atoms with Crippen molar-refractivity contribution in [2.75, 3.05) is 25.1 Å². The first-order valence-corrected chi connectivity index (χ1v) is 6.67. The molecule has 1 aliphatic rings. The number of nitrogens with zero attached hydrogens (tertiary/aromatic N) is 2. The Morgan fingerprint density at radius 2 is 2.11 bits per heavy atom. The number of nitrogens with one attached hydrogen (secondary N) is 1. The van der Waals surface area contributed by atoms with Gasteiger partial charge in [0.1, 0.15) is 18.2 Å². The zero-order valence-electron chi connectivity index (χ0n) is 11.1. The van der Waals surface area contributed by atoms with Gasteiger partial charge in [0.25, 0.3) is 0 Å². The molecule has 2 heterocycles. The maximum absolute atomic E-state index is 5.99. The van der Waals surface area contributed by atoms with Crippen molar-refractivity contribution in [2.24, 2.45) is 0 Å². The first-order chi connectivity index (χ1) is 8.85. The number of aromatic nitrogens is 2. The summed E-state index contributed by atoms with van der Waals surface area (Å²) >= 11 is 0. The van der Waals surface area contributed by atoms with Crippen LogP contribution < -0.4 is 10.1 Å². The number of ether oxygens (including phenoxy) is 2. The highest BCUT2D eigenvalue weighted by atomic mass is 16.5. The first-order valence-electron chi connectivity index (χ1n) is 6.67. The molecule has 2 rings (SSSR count). The lowest BCUT2D eigenvalue weighted by Gasteiger charge is -2.24. The molecule has 1 aromatic heterocycles. The van der Waals surface area contributed by atoms with Crippen molar-refractivity contribution in [3.8, 4) is 5.88 Å². The first kappa shape index (κ1) is 13.1. The van der Waals surface area contributed by atoms with E-state index in [1.165, 1.54) is 0 Å². The average molecular weight is 251 g/mol. The molecule has 0 aromatic carbocycles. The number of hydrogen-bond donors (Lipinski definition) is 1. The lowest BCUT2D eigenvalue weighted by Crippen LogP contribution is -2.26. The van der Waals surface area contributed by atoms with E-state index < -0.39 is 0 Å². The molecule has 0 unspecified atom stereocenters. The third-order valence-electron chi connectivity index (χ3n) is 3.05. The molecule has 5 nitrogen and oxygen atoms in total. The van der Waals surface area contributed by atoms with Crippen molar-refractivity contribution >= 4 is 5.82 Å². The van der Waals surface area contributed by atoms with Crippen LogP contribution in [0.25, 0.3) is 0 Å². The quantitative estimate of drug-likeness (QED) is 0.867. The van der Waals surface area contributed by atoms with Gasteiger partial charge in [-0.3, -0.25) is 0 Å². The van der Waals surface area contributed by atoms with Crippen molar-refractivity contribution < 1.29 is 9.47 Å². The number of anilines is 1. The minimum atomic E-state index is 0.216. The fourth-order valence-electron chi connectivity index (χ4n) is 2.09. The molecule has 0 atom stereocenters. The fraction of sp³-hybridized carbons (Fsp3) is 0.692. The zero-order chi connectivity index (χ0) is 12.8. The zero-order valence-corrected chi connectivity index (χ0v) is 11.1. The van der Waals surface area contributed by atoms with E-state index in [2.05, 4.69) is 29.1 Å². The minimum Gasteiger partial charge on any atom is -0.474 e. The highest BCUT2D eigenvalue weighted by Crippen LogP contribution is 2.25. The van der Waals surface area contributed by atoms with Gasteiger partial charge in [-0.15, -0.1) is 0 Å². The molecule has 0 bridgehead atoms. The predicted octanol–water partition coefficient (Wildman–Crippen LogP) is 2.03. The largest absolute Gasteiger partial charge is 0.474 e. The van der Waals surface area contributed by atoms with Gasteiger partial charge in [0, 0.05) is 19.4 Å². The number of hydrogen-bond acceptors (Lipinski definition) is 5. The van der Waals surface area contributed by atoms with Gasteiger partial charge in [0.15, 0.2) is 0 Å². The Morgan fingerprint density at radius 3 is 2.78 bits per heavy atom. The van der Waals surface area contributed by atoms with Crippen molar-refractivity contribution in [1.82, 2.24) is 9.97 Å². The van der Waals surface area contributed by atoms with Crippen LogP contribution in [-0.4, -0.2) is 35.8 Å². The fourth-order valence-corrected chi connectivity index (χ4v) is 2.09. The summed E-state index contributed by atoms with van der Waals surface area (Å²) < 4.78 is 11.3. The topological polar surface area (TPSA) is 56.3 Å². The Bertz CT molecular complexity index is 378. The van der Waals surface area contributed by atoms with Gasteiger partial charge >= 0.3 is 0 Å². The lowest BCUT2D eigenvalue weighted by atomic mass is 10.1. The Labute approximate surface area is 108 Å². The SMILES string of the molecule is CCNc1ncnc(OC2CCOCC2)c1CC. The minimum absolute atomic E-state index is 0.216. The van der Waals surface area contributed by atoms with Gasteiger partial charge < -0.3 is 14.8 Å². The van der Waals surface area contributed by atoms with Gasteiger partial charge in [0.2, 0.25) is 5.88 Å². The maximum Gasteiger partial charge on any atom is 0.222 e. The van der Waals surface area contributed by atoms with Gasteiger partial charge in [-0.1, -0.05) is 6.92 Å². The van der Waals surface area contributed by atoms with Crippen LogP contribution in [0.4, 0.5) is 5.82 Å². The molecule has 18 heavy (non-hydrogen) atoms. The second-order valence-corrected chi connectivity index (χ2v) is 4.32. The summed E-state index contributed by atoms with van der Waals surface area (Å²) in [7, 11) is 0. The summed E-state index contributed by atoms with van der Waals surface area (Å²) in [6, 6.07) is 0. The van der Waals surface area contributed by atoms with Crippen molar-refractivity contribution in [2.45, 2.75) is 39.2 Å². The molecule has 1 fully saturated rings. The summed E-state index contributed by atoms with van der Waals surface area (Å²) in [5.41, 5.74) is 1.06. The van der Waals surface area contributed by atoms with Crippen LogP contribution in [-0.2, 0) is 11.2 Å². The van der Waals surface area contributed by atoms with E-state index >= 15 is 0 Å². The molecule has 0 saturated carbocycles. The molecule has 1 saturated heterocycles. The average Bonchev–Trinajstić information content (AvgIpc) is 2.41. The normalized spacial score (nSPS) is 16.6. The van der Waals surface area contributed by atoms with Crippen LogP contribution in [0.1, 0.15) is 32.3 Å². The maximum atomic E-state index is 5.99. The van der Waals surface area contributed by atoms with Gasteiger partial charge in [-0.05, 0) is 13.3 Å². The van der Waals surface area contributed by atoms with Crippen LogP contribution in [0, 0.1) is 0 Å². The predicted molar refractivity (Wildman–Crippen MR) is 70.0 cm³/mol. The highest BCUT2D eigenvalue weighted by Gasteiger charge is 2.18. The van der Waals surface area contributed by atoms with Crippen molar-refractivity contribution in [3.05, 3.63) is 11.9 Å². The van der Waals surface area contributed by atoms with Crippen LogP contribution in [0.2, 0.25) is 0 Å². The number of rotatable bonds is 5. The Kier molecular flexibility index (Phi) is 4.75. The lowest BCUT2D eigenvalue weighted by molar-refractivity contribution is 0.0233. The molecule has 0 aliphatic carbocycles. The standard InChI is InChI=1S/C13H21N3O2/c1-3-11-12(14-4-2)15-9-16-13(11)18-10-5-7-17-8-6-10/h9-10H,3-8H2,1-2H3,(H,14,15,16). The molecular weight excluding hydrogens is 230 g/mol. The second kappa shape index (κ2) is 6.54. The van der Waals surface area contributed by atoms with Gasteiger partial charge in [0.05, 0.1) is 18.8 Å². The molecule has 1 N–H and O–H groups in total. The monoisotopic (exact) mass is 251 g/mol. The molecular formula is C13H21N3O2. The third-order valence-corrected chi connectivity index (χ3v) is 3.05. The molecule has 0 spiro atoms. The second-order valence-electron chi connectivity index (χ2n) is 4.32. The smallest absolute Gasteiger partial charge is 0.222 e. The van der Waals surface area contributed by atoms with Crippen LogP contribution in [0.15, 0.2) is 6.33 Å². The van der Waals surface area contributed by atoms with Crippen LogP contribution in [0.5, 0.6) is 5.88 Å². The van der Waals surface area contributed by atoms with E-state index in [0.717, 1.165) is 56.3 Å². The van der Waals surface area contributed by atoms with Crippen molar-refractivity contribution in [1.29, 1.82) is 0 Å². The summed E-state index contributed by atoms with van der Waals surface area (Å²) in [4.78, 5) is 8.54. The Morgan fingerprint density at radius 1 is 1.33 bits per heavy atom. The summed E-state index contributed by atoms with van der Waals surface area (Å²) in [6.45, 7) is 6.55. The van der Waals surface area contributed by atoms with E-state index in [4.69, 9.17) is 9.47 Å². The van der Waals surface area contributed by atoms with Crippen LogP contribution >= 0.6 is 0 Å². The molecule has 5 heteroatoms. The Balaban J connectivity index is 2.12. The summed E-state index contributed by atoms with van der Waals surface area (Å²) in [5, 5.41) is 3.25. The van der Waals surface area contributed by atoms with Crippen LogP contribution in [0.3, 0.4) is 0 Å². The van der Waals surface area contributed by atoms with E-state index in [9.17, 15) is 0 Å². The molecule has 100 valence electrons. The molecule has 1 aliphatic heterocycles. The summed E-state index contributed by atoms with van der Waals surface area (Å²) in [5.74, 6) is 1.60. The highest BCUT2D eigenvalue weighted by molar-refractivity contribution is 5.48.